The van der Waals surface area contributed by atoms with Crippen LogP contribution in [-0.4, -0.2) is 26.2 Å². The van der Waals surface area contributed by atoms with Crippen LogP contribution in [0, 0.1) is 5.92 Å². The van der Waals surface area contributed by atoms with Crippen LogP contribution < -0.4 is 5.32 Å². The van der Waals surface area contributed by atoms with E-state index in [1.807, 2.05) is 13.0 Å². The van der Waals surface area contributed by atoms with Crippen LogP contribution in [0.5, 0.6) is 0 Å². The second kappa shape index (κ2) is 8.48. The van der Waals surface area contributed by atoms with Gasteiger partial charge in [0.2, 0.25) is 0 Å². The van der Waals surface area contributed by atoms with Crippen molar-refractivity contribution < 1.29 is 9.53 Å². The topological polar surface area (TPSA) is 38.3 Å². The number of rotatable bonds is 7. The lowest BCUT2D eigenvalue weighted by Crippen LogP contribution is -2.18. The van der Waals surface area contributed by atoms with E-state index >= 15 is 0 Å². The fraction of sp³-hybridized carbons (Fsp3) is 0.750. The van der Waals surface area contributed by atoms with Gasteiger partial charge in [-0.3, -0.25) is 0 Å². The first-order chi connectivity index (χ1) is 7.11. The van der Waals surface area contributed by atoms with E-state index in [0.29, 0.717) is 5.92 Å². The van der Waals surface area contributed by atoms with Gasteiger partial charge in [-0.25, -0.2) is 4.79 Å². The van der Waals surface area contributed by atoms with E-state index in [9.17, 15) is 4.79 Å². The molecule has 0 rings (SSSR count). The smallest absolute Gasteiger partial charge is 0.333 e. The second-order valence-electron chi connectivity index (χ2n) is 3.96. The van der Waals surface area contributed by atoms with Gasteiger partial charge in [0.15, 0.2) is 0 Å². The molecule has 0 amide bonds. The maximum absolute atomic E-state index is 11.2. The van der Waals surface area contributed by atoms with Crippen molar-refractivity contribution in [3.63, 3.8) is 0 Å². The highest BCUT2D eigenvalue weighted by atomic mass is 16.5. The zero-order valence-corrected chi connectivity index (χ0v) is 10.3. The molecule has 0 aliphatic rings. The fourth-order valence-corrected chi connectivity index (χ4v) is 1.19. The third kappa shape index (κ3) is 7.14. The minimum Gasteiger partial charge on any atom is -0.466 e. The Bertz CT molecular complexity index is 210. The van der Waals surface area contributed by atoms with Crippen molar-refractivity contribution in [2.45, 2.75) is 33.6 Å². The van der Waals surface area contributed by atoms with E-state index in [1.54, 1.807) is 0 Å². The highest BCUT2D eigenvalue weighted by Crippen LogP contribution is 2.02. The predicted molar refractivity (Wildman–Crippen MR) is 62.7 cm³/mol. The van der Waals surface area contributed by atoms with E-state index in [0.717, 1.165) is 31.5 Å². The molecule has 0 aromatic heterocycles. The first kappa shape index (κ1) is 14.2. The summed E-state index contributed by atoms with van der Waals surface area (Å²) >= 11 is 0. The van der Waals surface area contributed by atoms with E-state index in [1.165, 1.54) is 7.11 Å². The Balaban J connectivity index is 3.77. The molecule has 0 unspecified atom stereocenters. The van der Waals surface area contributed by atoms with Gasteiger partial charge in [-0.1, -0.05) is 26.8 Å². The first-order valence-electron chi connectivity index (χ1n) is 5.59. The largest absolute Gasteiger partial charge is 0.466 e. The molecule has 0 fully saturated rings. The van der Waals surface area contributed by atoms with E-state index < -0.39 is 0 Å². The molecule has 0 radical (unpaired) electrons. The summed E-state index contributed by atoms with van der Waals surface area (Å²) in [6.45, 7) is 8.08. The zero-order chi connectivity index (χ0) is 11.7. The Morgan fingerprint density at radius 1 is 1.47 bits per heavy atom. The molecule has 88 valence electrons. The number of methoxy groups -OCH3 is 1. The Labute approximate surface area is 92.9 Å². The van der Waals surface area contributed by atoms with Crippen LogP contribution in [0.4, 0.5) is 0 Å². The van der Waals surface area contributed by atoms with Crippen molar-refractivity contribution >= 4 is 5.97 Å². The van der Waals surface area contributed by atoms with E-state index in [4.69, 9.17) is 0 Å². The third-order valence-corrected chi connectivity index (χ3v) is 2.22. The molecule has 0 saturated carbocycles. The molecule has 0 aliphatic carbocycles. The Hall–Kier alpha value is -0.830. The SMILES string of the molecule is CCC(=CCNCCC(C)C)C(=O)OC. The first-order valence-corrected chi connectivity index (χ1v) is 5.59. The summed E-state index contributed by atoms with van der Waals surface area (Å²) in [5.41, 5.74) is 0.745. The summed E-state index contributed by atoms with van der Waals surface area (Å²) in [5.74, 6) is 0.496. The van der Waals surface area contributed by atoms with Crippen LogP contribution in [0.25, 0.3) is 0 Å². The van der Waals surface area contributed by atoms with Crippen LogP contribution in [-0.2, 0) is 9.53 Å². The molecule has 0 saturated heterocycles. The van der Waals surface area contributed by atoms with Gasteiger partial charge in [-0.2, -0.15) is 0 Å². The average Bonchev–Trinajstić information content (AvgIpc) is 2.22. The Morgan fingerprint density at radius 3 is 2.60 bits per heavy atom. The van der Waals surface area contributed by atoms with Gasteiger partial charge < -0.3 is 10.1 Å². The number of ether oxygens (including phenoxy) is 1. The molecule has 0 aromatic rings. The van der Waals surface area contributed by atoms with Crippen LogP contribution in [0.2, 0.25) is 0 Å². The zero-order valence-electron chi connectivity index (χ0n) is 10.3. The van der Waals surface area contributed by atoms with Gasteiger partial charge in [0.1, 0.15) is 0 Å². The molecule has 15 heavy (non-hydrogen) atoms. The molecule has 0 aliphatic heterocycles. The van der Waals surface area contributed by atoms with Gasteiger partial charge in [0.25, 0.3) is 0 Å². The second-order valence-corrected chi connectivity index (χ2v) is 3.96. The molecule has 0 bridgehead atoms. The monoisotopic (exact) mass is 213 g/mol. The van der Waals surface area contributed by atoms with Gasteiger partial charge in [-0.05, 0) is 25.3 Å². The van der Waals surface area contributed by atoms with Crippen LogP contribution in [0.3, 0.4) is 0 Å². The number of nitrogens with one attached hydrogen (secondary N) is 1. The number of hydrogen-bond donors (Lipinski definition) is 1. The molecule has 0 heterocycles. The Morgan fingerprint density at radius 2 is 2.13 bits per heavy atom. The average molecular weight is 213 g/mol. The maximum Gasteiger partial charge on any atom is 0.333 e. The van der Waals surface area contributed by atoms with Gasteiger partial charge >= 0.3 is 5.97 Å². The fourth-order valence-electron chi connectivity index (χ4n) is 1.19. The molecular weight excluding hydrogens is 190 g/mol. The predicted octanol–water partition coefficient (Wildman–Crippen LogP) is 2.13. The third-order valence-electron chi connectivity index (χ3n) is 2.22. The number of carbonyl (C=O) groups is 1. The molecule has 1 N–H and O–H groups in total. The minimum atomic E-state index is -0.219. The summed E-state index contributed by atoms with van der Waals surface area (Å²) in [6, 6.07) is 0. The summed E-state index contributed by atoms with van der Waals surface area (Å²) in [7, 11) is 1.41. The standard InChI is InChI=1S/C12H23NO2/c1-5-11(12(14)15-4)7-9-13-8-6-10(2)3/h7,10,13H,5-6,8-9H2,1-4H3. The molecule has 3 nitrogen and oxygen atoms in total. The highest BCUT2D eigenvalue weighted by molar-refractivity contribution is 5.88. The van der Waals surface area contributed by atoms with Crippen LogP contribution >= 0.6 is 0 Å². The van der Waals surface area contributed by atoms with E-state index in [-0.39, 0.29) is 5.97 Å². The number of hydrogen-bond acceptors (Lipinski definition) is 3. The van der Waals surface area contributed by atoms with E-state index in [2.05, 4.69) is 23.9 Å². The van der Waals surface area contributed by atoms with Crippen molar-refractivity contribution in [1.29, 1.82) is 0 Å². The van der Waals surface area contributed by atoms with Crippen molar-refractivity contribution in [3.8, 4) is 0 Å². The van der Waals surface area contributed by atoms with Crippen LogP contribution in [0.1, 0.15) is 33.6 Å². The normalized spacial score (nSPS) is 11.9. The van der Waals surface area contributed by atoms with Crippen molar-refractivity contribution in [3.05, 3.63) is 11.6 Å². The molecule has 0 spiro atoms. The summed E-state index contributed by atoms with van der Waals surface area (Å²) in [4.78, 5) is 11.2. The van der Waals surface area contributed by atoms with Crippen molar-refractivity contribution in [1.82, 2.24) is 5.32 Å². The lowest BCUT2D eigenvalue weighted by Gasteiger charge is -2.06. The molecular formula is C12H23NO2. The lowest BCUT2D eigenvalue weighted by atomic mass is 10.1. The number of esters is 1. The summed E-state index contributed by atoms with van der Waals surface area (Å²) in [6.07, 6.45) is 3.79. The maximum atomic E-state index is 11.2. The highest BCUT2D eigenvalue weighted by Gasteiger charge is 2.05. The molecule has 0 aromatic carbocycles. The molecule has 0 atom stereocenters. The van der Waals surface area contributed by atoms with Crippen molar-refractivity contribution in [2.75, 3.05) is 20.2 Å². The summed E-state index contributed by atoms with van der Waals surface area (Å²) in [5, 5.41) is 3.28. The number of carbonyl (C=O) groups excluding carboxylic acids is 1. The minimum absolute atomic E-state index is 0.219. The quantitative estimate of drug-likeness (QED) is 0.400. The Kier molecular flexibility index (Phi) is 8.01. The summed E-state index contributed by atoms with van der Waals surface area (Å²) < 4.78 is 4.66. The van der Waals surface area contributed by atoms with Crippen LogP contribution in [0.15, 0.2) is 11.6 Å². The lowest BCUT2D eigenvalue weighted by molar-refractivity contribution is -0.136. The van der Waals surface area contributed by atoms with Crippen molar-refractivity contribution in [2.24, 2.45) is 5.92 Å². The molecule has 3 heteroatoms. The van der Waals surface area contributed by atoms with Gasteiger partial charge in [0.05, 0.1) is 7.11 Å². The van der Waals surface area contributed by atoms with Gasteiger partial charge in [0, 0.05) is 12.1 Å². The van der Waals surface area contributed by atoms with Gasteiger partial charge in [-0.15, -0.1) is 0 Å².